The molecule has 0 spiro atoms. The number of nitrogens with zero attached hydrogens (tertiary/aromatic N) is 1. The van der Waals surface area contributed by atoms with Crippen molar-refractivity contribution < 1.29 is 9.90 Å². The minimum Gasteiger partial charge on any atom is -0.480 e. The number of benzene rings is 1. The number of carboxylic acids is 1. The number of aliphatic carboxylic acids is 1. The van der Waals surface area contributed by atoms with Gasteiger partial charge in [-0.3, -0.25) is 0 Å². The third-order valence-electron chi connectivity index (χ3n) is 2.60. The van der Waals surface area contributed by atoms with Crippen LogP contribution in [0.5, 0.6) is 0 Å². The molecular weight excluding hydrogens is 190 g/mol. The Hall–Kier alpha value is -1.77. The zero-order valence-corrected chi connectivity index (χ0v) is 8.47. The lowest BCUT2D eigenvalue weighted by Gasteiger charge is -2.09. The van der Waals surface area contributed by atoms with Gasteiger partial charge in [-0.2, -0.15) is 0 Å². The maximum absolute atomic E-state index is 10.9. The summed E-state index contributed by atoms with van der Waals surface area (Å²) in [6, 6.07) is 7.11. The molecule has 0 amide bonds. The number of fused-ring (bicyclic) bond motifs is 1. The fourth-order valence-electron chi connectivity index (χ4n) is 1.72. The second kappa shape index (κ2) is 3.42. The van der Waals surface area contributed by atoms with E-state index in [-0.39, 0.29) is 0 Å². The molecule has 2 rings (SSSR count). The Morgan fingerprint density at radius 3 is 2.80 bits per heavy atom. The first kappa shape index (κ1) is 9.77. The minimum atomic E-state index is -0.837. The van der Waals surface area contributed by atoms with Gasteiger partial charge in [0.1, 0.15) is 6.04 Å². The highest BCUT2D eigenvalue weighted by Crippen LogP contribution is 2.23. The number of aromatic nitrogens is 1. The average Bonchev–Trinajstić information content (AvgIpc) is 2.56. The molecule has 0 aliphatic heterocycles. The van der Waals surface area contributed by atoms with E-state index >= 15 is 0 Å². The highest BCUT2D eigenvalue weighted by atomic mass is 16.4. The molecule has 3 heteroatoms. The van der Waals surface area contributed by atoms with Crippen molar-refractivity contribution in [3.05, 3.63) is 42.9 Å². The lowest BCUT2D eigenvalue weighted by atomic mass is 10.2. The Bertz CT molecular complexity index is 513. The Labute approximate surface area is 87.9 Å². The van der Waals surface area contributed by atoms with E-state index in [0.717, 1.165) is 16.5 Å². The Morgan fingerprint density at radius 2 is 2.13 bits per heavy atom. The summed E-state index contributed by atoms with van der Waals surface area (Å²) in [4.78, 5) is 10.9. The van der Waals surface area contributed by atoms with Crippen LogP contribution >= 0.6 is 0 Å². The predicted molar refractivity (Wildman–Crippen MR) is 58.7 cm³/mol. The van der Waals surface area contributed by atoms with Crippen LogP contribution in [0.4, 0.5) is 0 Å². The molecule has 1 aromatic heterocycles. The van der Waals surface area contributed by atoms with E-state index in [1.807, 2.05) is 24.3 Å². The first-order chi connectivity index (χ1) is 7.11. The Morgan fingerprint density at radius 1 is 1.47 bits per heavy atom. The SMILES string of the molecule is [CH2]c1cn(C(C)C(=O)O)c2ccccc12. The smallest absolute Gasteiger partial charge is 0.326 e. The number of hydrogen-bond donors (Lipinski definition) is 1. The number of para-hydroxylation sites is 1. The summed E-state index contributed by atoms with van der Waals surface area (Å²) >= 11 is 0. The van der Waals surface area contributed by atoms with Gasteiger partial charge in [-0.25, -0.2) is 4.79 Å². The zero-order chi connectivity index (χ0) is 11.0. The van der Waals surface area contributed by atoms with E-state index < -0.39 is 12.0 Å². The second-order valence-electron chi connectivity index (χ2n) is 3.59. The van der Waals surface area contributed by atoms with Gasteiger partial charge in [0.15, 0.2) is 0 Å². The van der Waals surface area contributed by atoms with Crippen molar-refractivity contribution in [2.75, 3.05) is 0 Å². The summed E-state index contributed by atoms with van der Waals surface area (Å²) in [6.07, 6.45) is 1.78. The van der Waals surface area contributed by atoms with Gasteiger partial charge in [0, 0.05) is 17.1 Å². The quantitative estimate of drug-likeness (QED) is 0.812. The van der Waals surface area contributed by atoms with Gasteiger partial charge in [0.25, 0.3) is 0 Å². The third kappa shape index (κ3) is 1.50. The lowest BCUT2D eigenvalue weighted by molar-refractivity contribution is -0.140. The molecule has 1 atom stereocenters. The molecule has 1 unspecified atom stereocenters. The van der Waals surface area contributed by atoms with Gasteiger partial charge in [0.05, 0.1) is 0 Å². The van der Waals surface area contributed by atoms with Crippen LogP contribution in [0.3, 0.4) is 0 Å². The van der Waals surface area contributed by atoms with Gasteiger partial charge in [-0.05, 0) is 25.5 Å². The van der Waals surface area contributed by atoms with E-state index in [1.54, 1.807) is 17.7 Å². The largest absolute Gasteiger partial charge is 0.480 e. The molecule has 1 N–H and O–H groups in total. The van der Waals surface area contributed by atoms with Gasteiger partial charge in [-0.15, -0.1) is 0 Å². The summed E-state index contributed by atoms with van der Waals surface area (Å²) in [5, 5.41) is 9.97. The Balaban J connectivity index is 2.67. The lowest BCUT2D eigenvalue weighted by Crippen LogP contribution is -2.14. The van der Waals surface area contributed by atoms with Crippen molar-refractivity contribution >= 4 is 16.9 Å². The number of carbonyl (C=O) groups is 1. The predicted octanol–water partition coefficient (Wildman–Crippen LogP) is 2.47. The molecule has 1 radical (unpaired) electrons. The van der Waals surface area contributed by atoms with Crippen LogP contribution < -0.4 is 0 Å². The molecule has 3 nitrogen and oxygen atoms in total. The van der Waals surface area contributed by atoms with E-state index in [2.05, 4.69) is 6.92 Å². The summed E-state index contributed by atoms with van der Waals surface area (Å²) in [7, 11) is 0. The van der Waals surface area contributed by atoms with Crippen LogP contribution in [0, 0.1) is 6.92 Å². The topological polar surface area (TPSA) is 42.2 Å². The standard InChI is InChI=1S/C12H12NO2/c1-8-7-13(9(2)12(14)15)11-6-4-3-5-10(8)11/h3-7,9H,1H2,2H3,(H,14,15). The van der Waals surface area contributed by atoms with Crippen molar-refractivity contribution in [2.45, 2.75) is 13.0 Å². The van der Waals surface area contributed by atoms with Gasteiger partial charge in [-0.1, -0.05) is 18.2 Å². The fraction of sp³-hybridized carbons (Fsp3) is 0.167. The third-order valence-corrected chi connectivity index (χ3v) is 2.60. The summed E-state index contributed by atoms with van der Waals surface area (Å²) in [5.74, 6) is -0.837. The highest BCUT2D eigenvalue weighted by molar-refractivity contribution is 5.86. The number of hydrogen-bond acceptors (Lipinski definition) is 1. The molecule has 1 aromatic carbocycles. The van der Waals surface area contributed by atoms with E-state index in [9.17, 15) is 4.79 Å². The van der Waals surface area contributed by atoms with Crippen LogP contribution in [0.1, 0.15) is 18.5 Å². The van der Waals surface area contributed by atoms with Crippen molar-refractivity contribution in [2.24, 2.45) is 0 Å². The van der Waals surface area contributed by atoms with E-state index in [4.69, 9.17) is 5.11 Å². The highest BCUT2D eigenvalue weighted by Gasteiger charge is 2.15. The summed E-state index contributed by atoms with van der Waals surface area (Å²) in [5.41, 5.74) is 1.77. The first-order valence-electron chi connectivity index (χ1n) is 4.75. The molecule has 0 aliphatic carbocycles. The fourth-order valence-corrected chi connectivity index (χ4v) is 1.72. The van der Waals surface area contributed by atoms with Gasteiger partial charge in [0.2, 0.25) is 0 Å². The molecule has 2 aromatic rings. The van der Waals surface area contributed by atoms with E-state index in [1.165, 1.54) is 0 Å². The number of carboxylic acid groups (broad SMARTS) is 1. The van der Waals surface area contributed by atoms with Crippen LogP contribution in [-0.2, 0) is 4.79 Å². The van der Waals surface area contributed by atoms with Crippen molar-refractivity contribution in [3.8, 4) is 0 Å². The average molecular weight is 202 g/mol. The zero-order valence-electron chi connectivity index (χ0n) is 8.47. The van der Waals surface area contributed by atoms with Crippen molar-refractivity contribution in [1.82, 2.24) is 4.57 Å². The Kier molecular flexibility index (Phi) is 2.23. The van der Waals surface area contributed by atoms with Crippen molar-refractivity contribution in [3.63, 3.8) is 0 Å². The van der Waals surface area contributed by atoms with Crippen LogP contribution in [-0.4, -0.2) is 15.6 Å². The summed E-state index contributed by atoms with van der Waals surface area (Å²) < 4.78 is 1.74. The minimum absolute atomic E-state index is 0.564. The summed E-state index contributed by atoms with van der Waals surface area (Å²) in [6.45, 7) is 5.56. The van der Waals surface area contributed by atoms with Crippen LogP contribution in [0.15, 0.2) is 30.5 Å². The molecule has 0 saturated heterocycles. The van der Waals surface area contributed by atoms with E-state index in [0.29, 0.717) is 0 Å². The van der Waals surface area contributed by atoms with Crippen LogP contribution in [0.2, 0.25) is 0 Å². The normalized spacial score (nSPS) is 12.9. The molecule has 77 valence electrons. The monoisotopic (exact) mass is 202 g/mol. The first-order valence-corrected chi connectivity index (χ1v) is 4.75. The van der Waals surface area contributed by atoms with Crippen LogP contribution in [0.25, 0.3) is 10.9 Å². The maximum atomic E-state index is 10.9. The molecule has 0 aliphatic rings. The van der Waals surface area contributed by atoms with Gasteiger partial charge < -0.3 is 9.67 Å². The maximum Gasteiger partial charge on any atom is 0.326 e. The molecule has 15 heavy (non-hydrogen) atoms. The second-order valence-corrected chi connectivity index (χ2v) is 3.59. The van der Waals surface area contributed by atoms with Crippen molar-refractivity contribution in [1.29, 1.82) is 0 Å². The molecular formula is C12H12NO2. The molecule has 0 fully saturated rings. The molecule has 0 bridgehead atoms. The molecule has 0 saturated carbocycles. The number of rotatable bonds is 2. The molecule has 1 heterocycles. The van der Waals surface area contributed by atoms with Gasteiger partial charge >= 0.3 is 5.97 Å².